The molecule has 3 rings (SSSR count). The fourth-order valence-corrected chi connectivity index (χ4v) is 3.13. The molecule has 6 heteroatoms. The standard InChI is InChI=1S/C16H14ClNO4/c17-10-5-6-16-12(7-10)13(8-18(20)21)14(9-19)11-3-1-2-4-15(11)22-16/h1-7,13-14,19H,8-9H2/t13-,14-/m1/s1. The molecular weight excluding hydrogens is 306 g/mol. The van der Waals surface area contributed by atoms with Crippen LogP contribution in [0.2, 0.25) is 5.02 Å². The van der Waals surface area contributed by atoms with Crippen molar-refractivity contribution >= 4 is 11.6 Å². The van der Waals surface area contributed by atoms with E-state index in [4.69, 9.17) is 16.3 Å². The maximum absolute atomic E-state index is 11.1. The van der Waals surface area contributed by atoms with Crippen LogP contribution in [0, 0.1) is 10.1 Å². The van der Waals surface area contributed by atoms with Gasteiger partial charge in [0.15, 0.2) is 0 Å². The Hall–Kier alpha value is -2.11. The van der Waals surface area contributed by atoms with Crippen LogP contribution in [-0.2, 0) is 0 Å². The summed E-state index contributed by atoms with van der Waals surface area (Å²) in [5.74, 6) is 0.231. The van der Waals surface area contributed by atoms with E-state index in [2.05, 4.69) is 0 Å². The van der Waals surface area contributed by atoms with Gasteiger partial charge in [-0.05, 0) is 24.3 Å². The van der Waals surface area contributed by atoms with Gasteiger partial charge in [-0.1, -0.05) is 29.8 Å². The molecule has 2 aromatic rings. The SMILES string of the molecule is O=[N+]([O-])C[C@@H]1c2cc(Cl)ccc2Oc2ccccc2[C@H]1CO. The summed E-state index contributed by atoms with van der Waals surface area (Å²) >= 11 is 6.05. The summed E-state index contributed by atoms with van der Waals surface area (Å²) in [4.78, 5) is 10.7. The Morgan fingerprint density at radius 3 is 2.59 bits per heavy atom. The monoisotopic (exact) mass is 319 g/mol. The van der Waals surface area contributed by atoms with Crippen molar-refractivity contribution in [2.75, 3.05) is 13.2 Å². The highest BCUT2D eigenvalue weighted by molar-refractivity contribution is 6.30. The molecule has 0 unspecified atom stereocenters. The number of fused-ring (bicyclic) bond motifs is 2. The highest BCUT2D eigenvalue weighted by Gasteiger charge is 2.35. The molecule has 0 bridgehead atoms. The molecule has 0 fully saturated rings. The highest BCUT2D eigenvalue weighted by atomic mass is 35.5. The van der Waals surface area contributed by atoms with E-state index in [-0.39, 0.29) is 18.1 Å². The number of benzene rings is 2. The normalized spacial score (nSPS) is 19.5. The highest BCUT2D eigenvalue weighted by Crippen LogP contribution is 2.46. The number of halogens is 1. The van der Waals surface area contributed by atoms with Crippen LogP contribution in [0.15, 0.2) is 42.5 Å². The number of para-hydroxylation sites is 1. The van der Waals surface area contributed by atoms with E-state index in [1.165, 1.54) is 0 Å². The van der Waals surface area contributed by atoms with Crippen molar-refractivity contribution in [2.45, 2.75) is 11.8 Å². The molecule has 1 aliphatic rings. The molecule has 22 heavy (non-hydrogen) atoms. The zero-order valence-electron chi connectivity index (χ0n) is 11.6. The van der Waals surface area contributed by atoms with Crippen LogP contribution < -0.4 is 4.74 Å². The van der Waals surface area contributed by atoms with E-state index >= 15 is 0 Å². The minimum absolute atomic E-state index is 0.204. The van der Waals surface area contributed by atoms with Crippen LogP contribution >= 0.6 is 11.6 Å². The molecule has 114 valence electrons. The lowest BCUT2D eigenvalue weighted by Crippen LogP contribution is -2.22. The number of aliphatic hydroxyl groups is 1. The van der Waals surface area contributed by atoms with E-state index in [0.29, 0.717) is 22.1 Å². The Morgan fingerprint density at radius 1 is 1.14 bits per heavy atom. The van der Waals surface area contributed by atoms with Gasteiger partial charge in [0.25, 0.3) is 0 Å². The second-order valence-corrected chi connectivity index (χ2v) is 5.67. The summed E-state index contributed by atoms with van der Waals surface area (Å²) in [6.07, 6.45) is 0. The average molecular weight is 320 g/mol. The lowest BCUT2D eigenvalue weighted by atomic mass is 9.82. The summed E-state index contributed by atoms with van der Waals surface area (Å²) in [5, 5.41) is 21.4. The Morgan fingerprint density at radius 2 is 1.86 bits per heavy atom. The van der Waals surface area contributed by atoms with Crippen molar-refractivity contribution in [2.24, 2.45) is 0 Å². The molecule has 1 aliphatic heterocycles. The summed E-state index contributed by atoms with van der Waals surface area (Å²) in [6.45, 7) is -0.499. The minimum Gasteiger partial charge on any atom is -0.457 e. The molecule has 0 saturated heterocycles. The first-order valence-electron chi connectivity index (χ1n) is 6.89. The van der Waals surface area contributed by atoms with Crippen molar-refractivity contribution in [3.63, 3.8) is 0 Å². The molecule has 1 N–H and O–H groups in total. The molecule has 0 saturated carbocycles. The van der Waals surface area contributed by atoms with E-state index in [0.717, 1.165) is 5.56 Å². The second kappa shape index (κ2) is 5.94. The first-order chi connectivity index (χ1) is 10.6. The largest absolute Gasteiger partial charge is 0.457 e. The van der Waals surface area contributed by atoms with Crippen molar-refractivity contribution in [1.82, 2.24) is 0 Å². The van der Waals surface area contributed by atoms with Gasteiger partial charge in [-0.15, -0.1) is 0 Å². The molecular formula is C16H14ClNO4. The third-order valence-electron chi connectivity index (χ3n) is 3.94. The maximum atomic E-state index is 11.1. The lowest BCUT2D eigenvalue weighted by Gasteiger charge is -2.21. The van der Waals surface area contributed by atoms with Crippen LogP contribution in [0.4, 0.5) is 0 Å². The molecule has 5 nitrogen and oxygen atoms in total. The minimum atomic E-state index is -0.502. The van der Waals surface area contributed by atoms with Crippen LogP contribution in [-0.4, -0.2) is 23.2 Å². The van der Waals surface area contributed by atoms with Crippen LogP contribution in [0.5, 0.6) is 11.5 Å². The van der Waals surface area contributed by atoms with Crippen LogP contribution in [0.1, 0.15) is 23.0 Å². The fourth-order valence-electron chi connectivity index (χ4n) is 2.95. The van der Waals surface area contributed by atoms with Gasteiger partial charge in [-0.3, -0.25) is 10.1 Å². The smallest absolute Gasteiger partial charge is 0.211 e. The Bertz CT molecular complexity index is 719. The van der Waals surface area contributed by atoms with E-state index in [1.807, 2.05) is 18.2 Å². The molecule has 2 atom stereocenters. The predicted molar refractivity (Wildman–Crippen MR) is 82.4 cm³/mol. The van der Waals surface area contributed by atoms with Crippen molar-refractivity contribution in [3.8, 4) is 11.5 Å². The van der Waals surface area contributed by atoms with Gasteiger partial charge in [-0.2, -0.15) is 0 Å². The number of hydrogen-bond donors (Lipinski definition) is 1. The molecule has 0 radical (unpaired) electrons. The lowest BCUT2D eigenvalue weighted by molar-refractivity contribution is -0.484. The molecule has 0 amide bonds. The van der Waals surface area contributed by atoms with Crippen LogP contribution in [0.3, 0.4) is 0 Å². The number of aliphatic hydroxyl groups excluding tert-OH is 1. The molecule has 2 aromatic carbocycles. The summed E-state index contributed by atoms with van der Waals surface area (Å²) in [7, 11) is 0. The molecule has 1 heterocycles. The van der Waals surface area contributed by atoms with Gasteiger partial charge in [0.2, 0.25) is 6.54 Å². The van der Waals surface area contributed by atoms with Crippen molar-refractivity contribution in [1.29, 1.82) is 0 Å². The van der Waals surface area contributed by atoms with Crippen LogP contribution in [0.25, 0.3) is 0 Å². The number of nitro groups is 1. The van der Waals surface area contributed by atoms with Crippen molar-refractivity contribution in [3.05, 3.63) is 68.7 Å². The average Bonchev–Trinajstić information content (AvgIpc) is 2.61. The quantitative estimate of drug-likeness (QED) is 0.693. The fraction of sp³-hybridized carbons (Fsp3) is 0.250. The topological polar surface area (TPSA) is 72.6 Å². The zero-order valence-corrected chi connectivity index (χ0v) is 12.4. The van der Waals surface area contributed by atoms with E-state index in [9.17, 15) is 15.2 Å². The molecule has 0 aliphatic carbocycles. The summed E-state index contributed by atoms with van der Waals surface area (Å²) in [6, 6.07) is 12.4. The van der Waals surface area contributed by atoms with E-state index < -0.39 is 11.8 Å². The van der Waals surface area contributed by atoms with E-state index in [1.54, 1.807) is 24.3 Å². The maximum Gasteiger partial charge on any atom is 0.211 e. The van der Waals surface area contributed by atoms with Crippen molar-refractivity contribution < 1.29 is 14.8 Å². The van der Waals surface area contributed by atoms with Gasteiger partial charge in [0.1, 0.15) is 11.5 Å². The first-order valence-corrected chi connectivity index (χ1v) is 7.27. The number of ether oxygens (including phenoxy) is 1. The zero-order chi connectivity index (χ0) is 15.7. The second-order valence-electron chi connectivity index (χ2n) is 5.23. The van der Waals surface area contributed by atoms with Gasteiger partial charge >= 0.3 is 0 Å². The Labute approximate surface area is 132 Å². The molecule has 0 spiro atoms. The first kappa shape index (κ1) is 14.8. The predicted octanol–water partition coefficient (Wildman–Crippen LogP) is 3.58. The Kier molecular flexibility index (Phi) is 4.00. The third kappa shape index (κ3) is 2.65. The van der Waals surface area contributed by atoms with Gasteiger partial charge in [0.05, 0.1) is 12.5 Å². The summed E-state index contributed by atoms with van der Waals surface area (Å²) in [5.41, 5.74) is 1.42. The molecule has 0 aromatic heterocycles. The Balaban J connectivity index is 2.20. The number of rotatable bonds is 3. The third-order valence-corrected chi connectivity index (χ3v) is 4.17. The van der Waals surface area contributed by atoms with Gasteiger partial charge < -0.3 is 9.84 Å². The van der Waals surface area contributed by atoms with Gasteiger partial charge in [0, 0.05) is 27.0 Å². The van der Waals surface area contributed by atoms with Gasteiger partial charge in [-0.25, -0.2) is 0 Å². The summed E-state index contributed by atoms with van der Waals surface area (Å²) < 4.78 is 5.91. The number of hydrogen-bond acceptors (Lipinski definition) is 4. The number of nitrogens with zero attached hydrogens (tertiary/aromatic N) is 1.